The summed E-state index contributed by atoms with van der Waals surface area (Å²) in [5.41, 5.74) is 4.48. The molecule has 0 aromatic heterocycles. The molecule has 0 heterocycles. The molecule has 0 aliphatic rings. The molecule has 1 aromatic rings. The fourth-order valence-corrected chi connectivity index (χ4v) is 5.91. The van der Waals surface area contributed by atoms with Gasteiger partial charge in [0, 0.05) is 14.2 Å². The first-order chi connectivity index (χ1) is 7.93. The van der Waals surface area contributed by atoms with Crippen molar-refractivity contribution in [2.75, 3.05) is 14.2 Å². The molecule has 0 bridgehead atoms. The van der Waals surface area contributed by atoms with E-state index in [0.29, 0.717) is 0 Å². The van der Waals surface area contributed by atoms with Crippen LogP contribution in [0.25, 0.3) is 0 Å². The van der Waals surface area contributed by atoms with E-state index >= 15 is 0 Å². The van der Waals surface area contributed by atoms with Gasteiger partial charge in [0.15, 0.2) is 0 Å². The lowest BCUT2D eigenvalue weighted by atomic mass is 10.4. The van der Waals surface area contributed by atoms with Crippen LogP contribution in [-0.4, -0.2) is 30.9 Å². The Morgan fingerprint density at radius 3 is 1.94 bits per heavy atom. The molecule has 4 heteroatoms. The van der Waals surface area contributed by atoms with Gasteiger partial charge in [-0.15, -0.1) is 0 Å². The monoisotopic (exact) mass is 266 g/mol. The van der Waals surface area contributed by atoms with E-state index in [2.05, 4.69) is 55.3 Å². The summed E-state index contributed by atoms with van der Waals surface area (Å²) in [5.74, 6) is 0. The van der Waals surface area contributed by atoms with E-state index < -0.39 is 16.6 Å². The third-order valence-corrected chi connectivity index (χ3v) is 8.59. The third-order valence-electron chi connectivity index (χ3n) is 3.10. The minimum absolute atomic E-state index is 1.29. The lowest BCUT2D eigenvalue weighted by Crippen LogP contribution is -2.46. The predicted octanol–water partition coefficient (Wildman–Crippen LogP) is 2.60. The van der Waals surface area contributed by atoms with Gasteiger partial charge in [-0.1, -0.05) is 41.7 Å². The normalized spacial score (nSPS) is 16.1. The Hall–Kier alpha value is -0.686. The SMILES string of the molecule is CO[Si](C)(C)C=C[Si](C)(OC)c1ccccc1. The van der Waals surface area contributed by atoms with E-state index in [9.17, 15) is 0 Å². The zero-order valence-electron chi connectivity index (χ0n) is 11.4. The number of benzene rings is 1. The van der Waals surface area contributed by atoms with E-state index in [1.807, 2.05) is 6.07 Å². The van der Waals surface area contributed by atoms with Crippen LogP contribution in [0.1, 0.15) is 0 Å². The van der Waals surface area contributed by atoms with Gasteiger partial charge in [-0.2, -0.15) is 0 Å². The zero-order chi connectivity index (χ0) is 12.9. The molecule has 0 N–H and O–H groups in total. The zero-order valence-corrected chi connectivity index (χ0v) is 13.4. The first kappa shape index (κ1) is 14.4. The Labute approximate surface area is 107 Å². The van der Waals surface area contributed by atoms with Crippen LogP contribution in [0.2, 0.25) is 19.6 Å². The summed E-state index contributed by atoms with van der Waals surface area (Å²) < 4.78 is 11.3. The minimum Gasteiger partial charge on any atom is -0.417 e. The topological polar surface area (TPSA) is 18.5 Å². The fraction of sp³-hybridized carbons (Fsp3) is 0.385. The highest BCUT2D eigenvalue weighted by Gasteiger charge is 2.28. The Kier molecular flexibility index (Phi) is 4.88. The largest absolute Gasteiger partial charge is 0.417 e. The van der Waals surface area contributed by atoms with Crippen LogP contribution in [0.5, 0.6) is 0 Å². The van der Waals surface area contributed by atoms with Crippen LogP contribution in [0.15, 0.2) is 41.7 Å². The van der Waals surface area contributed by atoms with Gasteiger partial charge in [-0.25, -0.2) is 0 Å². The Bertz CT molecular complexity index is 376. The van der Waals surface area contributed by atoms with Gasteiger partial charge in [0.05, 0.1) is 0 Å². The molecular formula is C13H22O2Si2. The molecule has 17 heavy (non-hydrogen) atoms. The maximum atomic E-state index is 5.78. The lowest BCUT2D eigenvalue weighted by molar-refractivity contribution is 0.413. The predicted molar refractivity (Wildman–Crippen MR) is 78.3 cm³/mol. The van der Waals surface area contributed by atoms with E-state index in [1.165, 1.54) is 5.19 Å². The van der Waals surface area contributed by atoms with E-state index in [4.69, 9.17) is 8.85 Å². The summed E-state index contributed by atoms with van der Waals surface area (Å²) >= 11 is 0. The number of rotatable bonds is 5. The summed E-state index contributed by atoms with van der Waals surface area (Å²) in [7, 11) is -0.0344. The summed E-state index contributed by atoms with van der Waals surface area (Å²) in [6.45, 7) is 6.57. The molecule has 0 aliphatic carbocycles. The van der Waals surface area contributed by atoms with Crippen molar-refractivity contribution in [3.05, 3.63) is 41.7 Å². The molecule has 1 atom stereocenters. The van der Waals surface area contributed by atoms with Crippen LogP contribution in [0, 0.1) is 0 Å². The molecule has 0 amide bonds. The molecule has 1 rings (SSSR count). The van der Waals surface area contributed by atoms with Crippen molar-refractivity contribution in [3.63, 3.8) is 0 Å². The maximum absolute atomic E-state index is 5.78. The summed E-state index contributed by atoms with van der Waals surface area (Å²) in [6, 6.07) is 10.4. The van der Waals surface area contributed by atoms with Gasteiger partial charge in [-0.05, 0) is 24.8 Å². The van der Waals surface area contributed by atoms with Crippen LogP contribution in [0.3, 0.4) is 0 Å². The highest BCUT2D eigenvalue weighted by Crippen LogP contribution is 2.11. The molecule has 0 saturated carbocycles. The van der Waals surface area contributed by atoms with Crippen LogP contribution in [0.4, 0.5) is 0 Å². The molecule has 0 fully saturated rings. The van der Waals surface area contributed by atoms with Crippen molar-refractivity contribution in [1.82, 2.24) is 0 Å². The number of hydrogen-bond acceptors (Lipinski definition) is 2. The second kappa shape index (κ2) is 5.77. The molecule has 94 valence electrons. The molecule has 1 aromatic carbocycles. The summed E-state index contributed by atoms with van der Waals surface area (Å²) in [5, 5.41) is 1.29. The van der Waals surface area contributed by atoms with E-state index in [-0.39, 0.29) is 0 Å². The van der Waals surface area contributed by atoms with Gasteiger partial charge in [0.25, 0.3) is 0 Å². The smallest absolute Gasteiger partial charge is 0.244 e. The van der Waals surface area contributed by atoms with Gasteiger partial charge < -0.3 is 8.85 Å². The van der Waals surface area contributed by atoms with Crippen molar-refractivity contribution in [2.24, 2.45) is 0 Å². The quantitative estimate of drug-likeness (QED) is 0.763. The Morgan fingerprint density at radius 2 is 1.47 bits per heavy atom. The molecule has 2 nitrogen and oxygen atoms in total. The first-order valence-electron chi connectivity index (χ1n) is 5.80. The fourth-order valence-electron chi connectivity index (χ4n) is 1.48. The van der Waals surface area contributed by atoms with Crippen LogP contribution in [-0.2, 0) is 8.85 Å². The molecular weight excluding hydrogens is 244 g/mol. The molecule has 0 aliphatic heterocycles. The van der Waals surface area contributed by atoms with Crippen molar-refractivity contribution in [1.29, 1.82) is 0 Å². The molecule has 0 saturated heterocycles. The standard InChI is InChI=1S/C13H22O2Si2/c1-14-16(3,4)11-12-17(5,15-2)13-9-7-6-8-10-13/h6-12H,1-5H3. The second-order valence-corrected chi connectivity index (χ2v) is 12.3. The van der Waals surface area contributed by atoms with Crippen LogP contribution >= 0.6 is 0 Å². The van der Waals surface area contributed by atoms with Crippen molar-refractivity contribution in [3.8, 4) is 0 Å². The van der Waals surface area contributed by atoms with Gasteiger partial charge >= 0.3 is 0 Å². The molecule has 0 spiro atoms. The van der Waals surface area contributed by atoms with E-state index in [1.54, 1.807) is 14.2 Å². The highest BCUT2D eigenvalue weighted by atomic mass is 28.4. The minimum atomic E-state index is -1.95. The summed E-state index contributed by atoms with van der Waals surface area (Å²) in [6.07, 6.45) is 0. The van der Waals surface area contributed by atoms with Gasteiger partial charge in [0.1, 0.15) is 0 Å². The highest BCUT2D eigenvalue weighted by molar-refractivity contribution is 6.91. The first-order valence-corrected chi connectivity index (χ1v) is 11.3. The number of hydrogen-bond donors (Lipinski definition) is 0. The molecule has 0 radical (unpaired) electrons. The van der Waals surface area contributed by atoms with Crippen molar-refractivity contribution in [2.45, 2.75) is 19.6 Å². The average Bonchev–Trinajstić information content (AvgIpc) is 2.37. The van der Waals surface area contributed by atoms with Crippen LogP contribution < -0.4 is 5.19 Å². The van der Waals surface area contributed by atoms with Gasteiger partial charge in [-0.3, -0.25) is 0 Å². The maximum Gasteiger partial charge on any atom is 0.244 e. The summed E-state index contributed by atoms with van der Waals surface area (Å²) in [4.78, 5) is 0. The third kappa shape index (κ3) is 3.92. The second-order valence-electron chi connectivity index (χ2n) is 4.82. The lowest BCUT2D eigenvalue weighted by Gasteiger charge is -2.24. The van der Waals surface area contributed by atoms with Crippen molar-refractivity contribution < 1.29 is 8.85 Å². The van der Waals surface area contributed by atoms with Gasteiger partial charge in [0.2, 0.25) is 16.6 Å². The Balaban J connectivity index is 2.98. The van der Waals surface area contributed by atoms with Crippen molar-refractivity contribution >= 4 is 21.8 Å². The van der Waals surface area contributed by atoms with E-state index in [0.717, 1.165) is 0 Å². The molecule has 1 unspecified atom stereocenters. The Morgan fingerprint density at radius 1 is 0.882 bits per heavy atom. The average molecular weight is 266 g/mol.